The Labute approximate surface area is 127 Å². The van der Waals surface area contributed by atoms with Crippen LogP contribution in [0.25, 0.3) is 0 Å². The average Bonchev–Trinajstić information content (AvgIpc) is 3.18. The number of hydrogen-bond acceptors (Lipinski definition) is 3. The number of hydrogen-bond donors (Lipinski definition) is 2. The molecule has 1 saturated carbocycles. The average molecular weight is 292 g/mol. The summed E-state index contributed by atoms with van der Waals surface area (Å²) in [7, 11) is 0. The fourth-order valence-corrected chi connectivity index (χ4v) is 2.64. The molecule has 1 fully saturated rings. The molecule has 1 aliphatic rings. The highest BCUT2D eigenvalue weighted by molar-refractivity contribution is 5.76. The first-order chi connectivity index (χ1) is 10.0. The van der Waals surface area contributed by atoms with Gasteiger partial charge in [-0.15, -0.1) is 0 Å². The third kappa shape index (κ3) is 4.56. The zero-order valence-corrected chi connectivity index (χ0v) is 13.7. The van der Waals surface area contributed by atoms with E-state index in [4.69, 9.17) is 0 Å². The van der Waals surface area contributed by atoms with Gasteiger partial charge in [-0.25, -0.2) is 0 Å². The summed E-state index contributed by atoms with van der Waals surface area (Å²) in [6, 6.07) is 0.917. The molecule has 1 unspecified atom stereocenters. The number of nitrogens with zero attached hydrogens (tertiary/aromatic N) is 2. The zero-order valence-electron chi connectivity index (χ0n) is 13.7. The monoisotopic (exact) mass is 292 g/mol. The van der Waals surface area contributed by atoms with Crippen LogP contribution >= 0.6 is 0 Å². The molecular weight excluding hydrogens is 264 g/mol. The lowest BCUT2D eigenvalue weighted by molar-refractivity contribution is -0.122. The van der Waals surface area contributed by atoms with Gasteiger partial charge in [0.1, 0.15) is 6.54 Å². The van der Waals surface area contributed by atoms with E-state index in [-0.39, 0.29) is 11.9 Å². The van der Waals surface area contributed by atoms with E-state index in [1.54, 1.807) is 0 Å². The second kappa shape index (κ2) is 7.07. The number of rotatable bonds is 8. The summed E-state index contributed by atoms with van der Waals surface area (Å²) in [6.45, 7) is 9.41. The standard InChI is InChI=1S/C16H28N4O/c1-5-6-11(2)18-16(21)10-20-13(4)15(12(3)19-20)9-17-14-7-8-14/h11,14,17H,5-10H2,1-4H3,(H,18,21). The van der Waals surface area contributed by atoms with E-state index in [0.29, 0.717) is 12.6 Å². The molecule has 2 rings (SSSR count). The van der Waals surface area contributed by atoms with Crippen molar-refractivity contribution in [1.82, 2.24) is 20.4 Å². The molecule has 0 spiro atoms. The maximum atomic E-state index is 12.1. The van der Waals surface area contributed by atoms with E-state index in [2.05, 4.69) is 22.7 Å². The molecule has 1 aromatic rings. The molecular formula is C16H28N4O. The minimum absolute atomic E-state index is 0.0447. The topological polar surface area (TPSA) is 59.0 Å². The Morgan fingerprint density at radius 2 is 2.14 bits per heavy atom. The van der Waals surface area contributed by atoms with Gasteiger partial charge in [-0.1, -0.05) is 13.3 Å². The van der Waals surface area contributed by atoms with Crippen LogP contribution in [0.3, 0.4) is 0 Å². The first kappa shape index (κ1) is 16.0. The van der Waals surface area contributed by atoms with Crippen molar-refractivity contribution in [1.29, 1.82) is 0 Å². The van der Waals surface area contributed by atoms with Gasteiger partial charge in [-0.05, 0) is 40.0 Å². The summed E-state index contributed by atoms with van der Waals surface area (Å²) in [5.41, 5.74) is 3.35. The van der Waals surface area contributed by atoms with Crippen molar-refractivity contribution in [3.8, 4) is 0 Å². The second-order valence-electron chi connectivity index (χ2n) is 6.22. The molecule has 118 valence electrons. The predicted molar refractivity (Wildman–Crippen MR) is 84.1 cm³/mol. The van der Waals surface area contributed by atoms with E-state index in [1.807, 2.05) is 25.5 Å². The van der Waals surface area contributed by atoms with Crippen molar-refractivity contribution in [2.45, 2.75) is 78.6 Å². The fraction of sp³-hybridized carbons (Fsp3) is 0.750. The highest BCUT2D eigenvalue weighted by Crippen LogP contribution is 2.21. The van der Waals surface area contributed by atoms with Crippen molar-refractivity contribution in [3.05, 3.63) is 17.0 Å². The number of carbonyl (C=O) groups is 1. The summed E-state index contributed by atoms with van der Waals surface area (Å²) in [5.74, 6) is 0.0447. The molecule has 2 N–H and O–H groups in total. The summed E-state index contributed by atoms with van der Waals surface area (Å²) in [6.07, 6.45) is 4.66. The molecule has 0 aliphatic heterocycles. The normalized spacial score (nSPS) is 16.0. The lowest BCUT2D eigenvalue weighted by Crippen LogP contribution is -2.35. The molecule has 5 heteroatoms. The molecule has 1 atom stereocenters. The third-order valence-corrected chi connectivity index (χ3v) is 4.10. The Balaban J connectivity index is 1.93. The fourth-order valence-electron chi connectivity index (χ4n) is 2.64. The zero-order chi connectivity index (χ0) is 15.4. The number of nitrogens with one attached hydrogen (secondary N) is 2. The minimum atomic E-state index is 0.0447. The smallest absolute Gasteiger partial charge is 0.241 e. The lowest BCUT2D eigenvalue weighted by atomic mass is 10.2. The number of amides is 1. The van der Waals surface area contributed by atoms with Crippen molar-refractivity contribution >= 4 is 5.91 Å². The highest BCUT2D eigenvalue weighted by atomic mass is 16.2. The Morgan fingerprint density at radius 3 is 2.76 bits per heavy atom. The highest BCUT2D eigenvalue weighted by Gasteiger charge is 2.22. The van der Waals surface area contributed by atoms with Crippen molar-refractivity contribution < 1.29 is 4.79 Å². The molecule has 1 aliphatic carbocycles. The lowest BCUT2D eigenvalue weighted by Gasteiger charge is -2.13. The Hall–Kier alpha value is -1.36. The van der Waals surface area contributed by atoms with Gasteiger partial charge in [-0.3, -0.25) is 9.48 Å². The molecule has 1 heterocycles. The van der Waals surface area contributed by atoms with Crippen LogP contribution in [0.5, 0.6) is 0 Å². The Morgan fingerprint density at radius 1 is 1.43 bits per heavy atom. The van der Waals surface area contributed by atoms with Crippen molar-refractivity contribution in [2.75, 3.05) is 0 Å². The third-order valence-electron chi connectivity index (χ3n) is 4.10. The first-order valence-corrected chi connectivity index (χ1v) is 8.06. The van der Waals surface area contributed by atoms with E-state index < -0.39 is 0 Å². The molecule has 0 bridgehead atoms. The van der Waals surface area contributed by atoms with Gasteiger partial charge in [0.2, 0.25) is 5.91 Å². The van der Waals surface area contributed by atoms with E-state index >= 15 is 0 Å². The minimum Gasteiger partial charge on any atom is -0.352 e. The molecule has 1 amide bonds. The quantitative estimate of drug-likeness (QED) is 0.771. The van der Waals surface area contributed by atoms with Gasteiger partial charge < -0.3 is 10.6 Å². The van der Waals surface area contributed by atoms with Crippen LogP contribution in [-0.2, 0) is 17.9 Å². The maximum Gasteiger partial charge on any atom is 0.241 e. The molecule has 0 aromatic carbocycles. The summed E-state index contributed by atoms with van der Waals surface area (Å²) < 4.78 is 1.83. The first-order valence-electron chi connectivity index (χ1n) is 8.06. The van der Waals surface area contributed by atoms with Gasteiger partial charge in [0, 0.05) is 29.9 Å². The van der Waals surface area contributed by atoms with Gasteiger partial charge in [0.25, 0.3) is 0 Å². The molecule has 0 radical (unpaired) electrons. The van der Waals surface area contributed by atoms with E-state index in [1.165, 1.54) is 18.4 Å². The second-order valence-corrected chi connectivity index (χ2v) is 6.22. The summed E-state index contributed by atoms with van der Waals surface area (Å²) in [5, 5.41) is 11.1. The van der Waals surface area contributed by atoms with Crippen LogP contribution in [0, 0.1) is 13.8 Å². The molecule has 1 aromatic heterocycles. The van der Waals surface area contributed by atoms with Gasteiger partial charge in [0.05, 0.1) is 5.69 Å². The van der Waals surface area contributed by atoms with Crippen LogP contribution in [0.2, 0.25) is 0 Å². The molecule has 0 saturated heterocycles. The largest absolute Gasteiger partial charge is 0.352 e. The molecule has 5 nitrogen and oxygen atoms in total. The van der Waals surface area contributed by atoms with Crippen molar-refractivity contribution in [2.24, 2.45) is 0 Å². The number of aromatic nitrogens is 2. The molecule has 21 heavy (non-hydrogen) atoms. The van der Waals surface area contributed by atoms with Crippen molar-refractivity contribution in [3.63, 3.8) is 0 Å². The van der Waals surface area contributed by atoms with Crippen LogP contribution < -0.4 is 10.6 Å². The van der Waals surface area contributed by atoms with Crippen LogP contribution in [0.1, 0.15) is 56.5 Å². The van der Waals surface area contributed by atoms with Gasteiger partial charge in [-0.2, -0.15) is 5.10 Å². The van der Waals surface area contributed by atoms with E-state index in [9.17, 15) is 4.79 Å². The van der Waals surface area contributed by atoms with E-state index in [0.717, 1.165) is 30.8 Å². The number of aryl methyl sites for hydroxylation is 1. The SMILES string of the molecule is CCCC(C)NC(=O)Cn1nc(C)c(CNC2CC2)c1C. The maximum absolute atomic E-state index is 12.1. The van der Waals surface area contributed by atoms with Gasteiger partial charge >= 0.3 is 0 Å². The van der Waals surface area contributed by atoms with Crippen LogP contribution in [-0.4, -0.2) is 27.8 Å². The number of carbonyl (C=O) groups excluding carboxylic acids is 1. The van der Waals surface area contributed by atoms with Crippen LogP contribution in [0.4, 0.5) is 0 Å². The Kier molecular flexibility index (Phi) is 5.39. The summed E-state index contributed by atoms with van der Waals surface area (Å²) >= 11 is 0. The predicted octanol–water partition coefficient (Wildman–Crippen LogP) is 2.06. The summed E-state index contributed by atoms with van der Waals surface area (Å²) in [4.78, 5) is 12.1. The van der Waals surface area contributed by atoms with Gasteiger partial charge in [0.15, 0.2) is 0 Å². The van der Waals surface area contributed by atoms with Crippen LogP contribution in [0.15, 0.2) is 0 Å². The Bertz CT molecular complexity index is 491.